The van der Waals surface area contributed by atoms with Gasteiger partial charge in [0.2, 0.25) is 0 Å². The summed E-state index contributed by atoms with van der Waals surface area (Å²) in [5, 5.41) is 17.6. The average Bonchev–Trinajstić information content (AvgIpc) is 2.37. The second-order valence-electron chi connectivity index (χ2n) is 5.73. The first-order chi connectivity index (χ1) is 8.57. The summed E-state index contributed by atoms with van der Waals surface area (Å²) in [6.07, 6.45) is 3.28. The van der Waals surface area contributed by atoms with Crippen molar-refractivity contribution in [2.75, 3.05) is 39.3 Å². The zero-order valence-electron chi connectivity index (χ0n) is 11.7. The van der Waals surface area contributed by atoms with Gasteiger partial charge in [-0.25, -0.2) is 0 Å². The van der Waals surface area contributed by atoms with Crippen molar-refractivity contribution in [2.24, 2.45) is 5.41 Å². The van der Waals surface area contributed by atoms with Crippen LogP contribution in [0.3, 0.4) is 0 Å². The third-order valence-corrected chi connectivity index (χ3v) is 3.59. The molecule has 0 spiro atoms. The van der Waals surface area contributed by atoms with Gasteiger partial charge in [0.25, 0.3) is 0 Å². The smallest absolute Gasteiger partial charge is 0.0866 e. The van der Waals surface area contributed by atoms with Crippen LogP contribution in [0.5, 0.6) is 0 Å². The summed E-state index contributed by atoms with van der Waals surface area (Å²) >= 11 is 0. The molecule has 0 saturated carbocycles. The van der Waals surface area contributed by atoms with Crippen molar-refractivity contribution in [3.8, 4) is 12.1 Å². The van der Waals surface area contributed by atoms with E-state index in [0.29, 0.717) is 6.54 Å². The van der Waals surface area contributed by atoms with Gasteiger partial charge in [-0.2, -0.15) is 10.5 Å². The normalized spacial score (nSPS) is 18.2. The Bertz CT molecular complexity index is 316. The van der Waals surface area contributed by atoms with Gasteiger partial charge in [-0.3, -0.25) is 4.90 Å². The second kappa shape index (κ2) is 7.36. The van der Waals surface area contributed by atoms with Crippen molar-refractivity contribution in [1.82, 2.24) is 9.80 Å². The van der Waals surface area contributed by atoms with Crippen LogP contribution < -0.4 is 0 Å². The van der Waals surface area contributed by atoms with Crippen molar-refractivity contribution >= 4 is 0 Å². The van der Waals surface area contributed by atoms with Crippen LogP contribution in [0.15, 0.2) is 0 Å². The van der Waals surface area contributed by atoms with E-state index in [1.807, 2.05) is 13.8 Å². The molecule has 4 nitrogen and oxygen atoms in total. The summed E-state index contributed by atoms with van der Waals surface area (Å²) < 4.78 is 0. The fraction of sp³-hybridized carbons (Fsp3) is 0.857. The second-order valence-corrected chi connectivity index (χ2v) is 5.73. The van der Waals surface area contributed by atoms with Crippen LogP contribution in [0, 0.1) is 28.1 Å². The predicted molar refractivity (Wildman–Crippen MR) is 71.7 cm³/mol. The summed E-state index contributed by atoms with van der Waals surface area (Å²) in [6.45, 7) is 9.87. The molecule has 1 aliphatic rings. The molecule has 1 rings (SSSR count). The molecule has 0 amide bonds. The lowest BCUT2D eigenvalue weighted by molar-refractivity contribution is 0.141. The van der Waals surface area contributed by atoms with Crippen LogP contribution in [0.4, 0.5) is 0 Å². The molecule has 0 N–H and O–H groups in total. The Morgan fingerprint density at radius 1 is 1.00 bits per heavy atom. The fourth-order valence-corrected chi connectivity index (χ4v) is 2.23. The highest BCUT2D eigenvalue weighted by molar-refractivity contribution is 4.91. The van der Waals surface area contributed by atoms with E-state index in [1.165, 1.54) is 6.42 Å². The van der Waals surface area contributed by atoms with Gasteiger partial charge in [0.15, 0.2) is 0 Å². The van der Waals surface area contributed by atoms with Crippen LogP contribution in [0.1, 0.15) is 33.1 Å². The zero-order valence-corrected chi connectivity index (χ0v) is 11.7. The molecule has 0 radical (unpaired) electrons. The summed E-state index contributed by atoms with van der Waals surface area (Å²) in [5.74, 6) is 0. The Morgan fingerprint density at radius 3 is 2.17 bits per heavy atom. The minimum Gasteiger partial charge on any atom is -0.301 e. The molecule has 1 heterocycles. The van der Waals surface area contributed by atoms with Gasteiger partial charge in [0, 0.05) is 26.2 Å². The highest BCUT2D eigenvalue weighted by Gasteiger charge is 2.18. The fourth-order valence-electron chi connectivity index (χ4n) is 2.23. The number of nitriles is 2. The van der Waals surface area contributed by atoms with Gasteiger partial charge in [0.05, 0.1) is 24.1 Å². The van der Waals surface area contributed by atoms with Gasteiger partial charge in [-0.1, -0.05) is 6.42 Å². The molecule has 0 atom stereocenters. The van der Waals surface area contributed by atoms with Gasteiger partial charge in [-0.05, 0) is 33.2 Å². The number of rotatable bonds is 6. The van der Waals surface area contributed by atoms with Crippen LogP contribution in [-0.4, -0.2) is 49.1 Å². The first-order valence-electron chi connectivity index (χ1n) is 6.80. The maximum Gasteiger partial charge on any atom is 0.0866 e. The molecule has 0 aromatic rings. The molecule has 0 aliphatic carbocycles. The number of piperazine rings is 1. The third-order valence-electron chi connectivity index (χ3n) is 3.59. The standard InChI is InChI=1S/C14H24N4/c1-14(2,13-16)5-3-4-7-17-9-11-18(8-6-15)12-10-17/h3-5,7-12H2,1-2H3. The van der Waals surface area contributed by atoms with Gasteiger partial charge >= 0.3 is 0 Å². The van der Waals surface area contributed by atoms with Crippen molar-refractivity contribution in [3.05, 3.63) is 0 Å². The topological polar surface area (TPSA) is 54.1 Å². The molecule has 0 unspecified atom stereocenters. The molecule has 1 aliphatic heterocycles. The minimum atomic E-state index is -0.175. The van der Waals surface area contributed by atoms with Crippen LogP contribution in [0.25, 0.3) is 0 Å². The largest absolute Gasteiger partial charge is 0.301 e. The third kappa shape index (κ3) is 5.49. The molecule has 4 heteroatoms. The first-order valence-corrected chi connectivity index (χ1v) is 6.80. The summed E-state index contributed by atoms with van der Waals surface area (Å²) in [5.41, 5.74) is -0.175. The predicted octanol–water partition coefficient (Wildman–Crippen LogP) is 1.85. The highest BCUT2D eigenvalue weighted by atomic mass is 15.3. The van der Waals surface area contributed by atoms with Crippen molar-refractivity contribution in [1.29, 1.82) is 10.5 Å². The van der Waals surface area contributed by atoms with Crippen LogP contribution >= 0.6 is 0 Å². The summed E-state index contributed by atoms with van der Waals surface area (Å²) in [4.78, 5) is 4.67. The quantitative estimate of drug-likeness (QED) is 0.532. The Balaban J connectivity index is 2.09. The maximum atomic E-state index is 8.93. The molecule has 0 bridgehead atoms. The SMILES string of the molecule is CC(C)(C#N)CCCCN1CCN(CC#N)CC1. The van der Waals surface area contributed by atoms with Crippen molar-refractivity contribution < 1.29 is 0 Å². The molecule has 0 aromatic carbocycles. The summed E-state index contributed by atoms with van der Waals surface area (Å²) in [7, 11) is 0. The van der Waals surface area contributed by atoms with Crippen molar-refractivity contribution in [3.63, 3.8) is 0 Å². The van der Waals surface area contributed by atoms with Crippen molar-refractivity contribution in [2.45, 2.75) is 33.1 Å². The Morgan fingerprint density at radius 2 is 1.61 bits per heavy atom. The van der Waals surface area contributed by atoms with Gasteiger partial charge in [0.1, 0.15) is 0 Å². The number of hydrogen-bond acceptors (Lipinski definition) is 4. The molecule has 18 heavy (non-hydrogen) atoms. The molecule has 0 aromatic heterocycles. The average molecular weight is 248 g/mol. The minimum absolute atomic E-state index is 0.175. The van der Waals surface area contributed by atoms with E-state index in [9.17, 15) is 0 Å². The van der Waals surface area contributed by atoms with E-state index in [0.717, 1.165) is 45.6 Å². The van der Waals surface area contributed by atoms with E-state index < -0.39 is 0 Å². The van der Waals surface area contributed by atoms with E-state index in [-0.39, 0.29) is 5.41 Å². The van der Waals surface area contributed by atoms with E-state index in [4.69, 9.17) is 10.5 Å². The number of hydrogen-bond donors (Lipinski definition) is 0. The lowest BCUT2D eigenvalue weighted by Crippen LogP contribution is -2.46. The molecule has 1 fully saturated rings. The molecular weight excluding hydrogens is 224 g/mol. The Kier molecular flexibility index (Phi) is 6.12. The van der Waals surface area contributed by atoms with E-state index in [2.05, 4.69) is 21.9 Å². The highest BCUT2D eigenvalue weighted by Crippen LogP contribution is 2.21. The Labute approximate surface area is 111 Å². The molecular formula is C14H24N4. The van der Waals surface area contributed by atoms with Gasteiger partial charge < -0.3 is 4.90 Å². The van der Waals surface area contributed by atoms with Crippen LogP contribution in [-0.2, 0) is 0 Å². The monoisotopic (exact) mass is 248 g/mol. The summed E-state index contributed by atoms with van der Waals surface area (Å²) in [6, 6.07) is 4.55. The lowest BCUT2D eigenvalue weighted by atomic mass is 9.89. The number of nitrogens with zero attached hydrogens (tertiary/aromatic N) is 4. The lowest BCUT2D eigenvalue weighted by Gasteiger charge is -2.33. The number of unbranched alkanes of at least 4 members (excludes halogenated alkanes) is 1. The zero-order chi connectivity index (χ0) is 13.4. The maximum absolute atomic E-state index is 8.93. The van der Waals surface area contributed by atoms with Crippen LogP contribution in [0.2, 0.25) is 0 Å². The van der Waals surface area contributed by atoms with E-state index >= 15 is 0 Å². The van der Waals surface area contributed by atoms with Gasteiger partial charge in [-0.15, -0.1) is 0 Å². The molecule has 100 valence electrons. The Hall–Kier alpha value is -1.10. The van der Waals surface area contributed by atoms with E-state index in [1.54, 1.807) is 0 Å². The molecule has 1 saturated heterocycles. The first kappa shape index (κ1) is 15.0.